The van der Waals surface area contributed by atoms with Crippen LogP contribution in [0.25, 0.3) is 0 Å². The third kappa shape index (κ3) is 3.03. The van der Waals surface area contributed by atoms with Crippen molar-refractivity contribution in [3.63, 3.8) is 0 Å². The zero-order valence-electron chi connectivity index (χ0n) is 6.20. The third-order valence-electron chi connectivity index (χ3n) is 1.48. The van der Waals surface area contributed by atoms with Gasteiger partial charge in [-0.1, -0.05) is 27.2 Å². The van der Waals surface area contributed by atoms with E-state index in [9.17, 15) is 0 Å². The highest BCUT2D eigenvalue weighted by molar-refractivity contribution is 4.67. The summed E-state index contributed by atoms with van der Waals surface area (Å²) >= 11 is 0. The fourth-order valence-electron chi connectivity index (χ4n) is 0.779. The van der Waals surface area contributed by atoms with E-state index < -0.39 is 0 Å². The third-order valence-corrected chi connectivity index (χ3v) is 1.48. The minimum Gasteiger partial charge on any atom is -0.330 e. The summed E-state index contributed by atoms with van der Waals surface area (Å²) in [5.74, 6) is 0. The van der Waals surface area contributed by atoms with Gasteiger partial charge < -0.3 is 5.73 Å². The second kappa shape index (κ2) is 3.08. The Kier molecular flexibility index (Phi) is 3.06. The standard InChI is InChI=1S/C7H17N/c1-4-5-7(2,3)6-8/h4-6,8H2,1-3H3. The summed E-state index contributed by atoms with van der Waals surface area (Å²) < 4.78 is 0. The second-order valence-electron chi connectivity index (χ2n) is 3.12. The molecule has 0 aromatic rings. The van der Waals surface area contributed by atoms with Crippen molar-refractivity contribution in [2.75, 3.05) is 6.54 Å². The van der Waals surface area contributed by atoms with Gasteiger partial charge in [-0.25, -0.2) is 0 Å². The first-order valence-corrected chi connectivity index (χ1v) is 3.32. The maximum absolute atomic E-state index is 5.49. The molecule has 0 aromatic heterocycles. The Labute approximate surface area is 52.3 Å². The average molecular weight is 115 g/mol. The van der Waals surface area contributed by atoms with Crippen LogP contribution >= 0.6 is 0 Å². The lowest BCUT2D eigenvalue weighted by Crippen LogP contribution is -2.22. The van der Waals surface area contributed by atoms with Crippen LogP contribution in [0.1, 0.15) is 33.6 Å². The molecule has 1 heteroatoms. The molecule has 0 saturated carbocycles. The lowest BCUT2D eigenvalue weighted by molar-refractivity contribution is 0.343. The van der Waals surface area contributed by atoms with Crippen LogP contribution in [0.15, 0.2) is 0 Å². The maximum Gasteiger partial charge on any atom is -0.00258 e. The van der Waals surface area contributed by atoms with Crippen LogP contribution in [-0.4, -0.2) is 6.54 Å². The van der Waals surface area contributed by atoms with Crippen LogP contribution in [-0.2, 0) is 0 Å². The smallest absolute Gasteiger partial charge is 0.00258 e. The fourth-order valence-corrected chi connectivity index (χ4v) is 0.779. The molecular weight excluding hydrogens is 98.1 g/mol. The Balaban J connectivity index is 3.37. The molecule has 0 spiro atoms. The van der Waals surface area contributed by atoms with E-state index in [1.807, 2.05) is 0 Å². The molecule has 8 heavy (non-hydrogen) atoms. The predicted molar refractivity (Wildman–Crippen MR) is 37.7 cm³/mol. The Hall–Kier alpha value is -0.0400. The summed E-state index contributed by atoms with van der Waals surface area (Å²) in [5.41, 5.74) is 5.86. The molecule has 0 radical (unpaired) electrons. The molecule has 0 aliphatic carbocycles. The monoisotopic (exact) mass is 115 g/mol. The van der Waals surface area contributed by atoms with Crippen molar-refractivity contribution in [1.29, 1.82) is 0 Å². The van der Waals surface area contributed by atoms with E-state index in [0.29, 0.717) is 5.41 Å². The molecule has 0 bridgehead atoms. The molecule has 50 valence electrons. The van der Waals surface area contributed by atoms with Gasteiger partial charge in [0.1, 0.15) is 0 Å². The molecule has 2 N–H and O–H groups in total. The molecule has 0 saturated heterocycles. The summed E-state index contributed by atoms with van der Waals surface area (Å²) in [6.45, 7) is 7.41. The maximum atomic E-state index is 5.49. The largest absolute Gasteiger partial charge is 0.330 e. The molecular formula is C7H17N. The van der Waals surface area contributed by atoms with Crippen LogP contribution in [0.3, 0.4) is 0 Å². The van der Waals surface area contributed by atoms with Gasteiger partial charge in [0.05, 0.1) is 0 Å². The van der Waals surface area contributed by atoms with E-state index in [0.717, 1.165) is 6.54 Å². The van der Waals surface area contributed by atoms with Crippen LogP contribution in [0.2, 0.25) is 0 Å². The Morgan fingerprint density at radius 3 is 2.00 bits per heavy atom. The van der Waals surface area contributed by atoms with Crippen LogP contribution < -0.4 is 5.73 Å². The molecule has 0 aliphatic rings. The van der Waals surface area contributed by atoms with Crippen LogP contribution in [0.4, 0.5) is 0 Å². The van der Waals surface area contributed by atoms with Gasteiger partial charge in [0.25, 0.3) is 0 Å². The molecule has 0 fully saturated rings. The van der Waals surface area contributed by atoms with Gasteiger partial charge in [0.2, 0.25) is 0 Å². The molecule has 0 aromatic carbocycles. The SMILES string of the molecule is CCCC(C)(C)CN. The number of nitrogens with two attached hydrogens (primary N) is 1. The molecule has 0 amide bonds. The average Bonchev–Trinajstić information content (AvgIpc) is 1.67. The van der Waals surface area contributed by atoms with Gasteiger partial charge in [0, 0.05) is 0 Å². The number of hydrogen-bond donors (Lipinski definition) is 1. The topological polar surface area (TPSA) is 26.0 Å². The number of hydrogen-bond acceptors (Lipinski definition) is 1. The summed E-state index contributed by atoms with van der Waals surface area (Å²) in [4.78, 5) is 0. The van der Waals surface area contributed by atoms with Gasteiger partial charge in [-0.05, 0) is 18.4 Å². The highest BCUT2D eigenvalue weighted by atomic mass is 14.6. The van der Waals surface area contributed by atoms with Crippen molar-refractivity contribution in [2.24, 2.45) is 11.1 Å². The van der Waals surface area contributed by atoms with Gasteiger partial charge in [-0.3, -0.25) is 0 Å². The molecule has 0 heterocycles. The minimum absolute atomic E-state index is 0.370. The zero-order chi connectivity index (χ0) is 6.62. The van der Waals surface area contributed by atoms with E-state index in [-0.39, 0.29) is 0 Å². The van der Waals surface area contributed by atoms with E-state index in [4.69, 9.17) is 5.73 Å². The zero-order valence-corrected chi connectivity index (χ0v) is 6.20. The van der Waals surface area contributed by atoms with E-state index in [1.165, 1.54) is 12.8 Å². The summed E-state index contributed by atoms with van der Waals surface area (Å²) in [6.07, 6.45) is 2.48. The van der Waals surface area contributed by atoms with E-state index in [1.54, 1.807) is 0 Å². The first-order valence-electron chi connectivity index (χ1n) is 3.32. The Morgan fingerprint density at radius 1 is 1.38 bits per heavy atom. The van der Waals surface area contributed by atoms with E-state index >= 15 is 0 Å². The van der Waals surface area contributed by atoms with Gasteiger partial charge >= 0.3 is 0 Å². The van der Waals surface area contributed by atoms with Crippen molar-refractivity contribution >= 4 is 0 Å². The number of rotatable bonds is 3. The van der Waals surface area contributed by atoms with Crippen LogP contribution in [0, 0.1) is 5.41 Å². The van der Waals surface area contributed by atoms with Crippen molar-refractivity contribution < 1.29 is 0 Å². The molecule has 0 unspecified atom stereocenters. The highest BCUT2D eigenvalue weighted by Crippen LogP contribution is 2.19. The Bertz CT molecular complexity index is 57.4. The second-order valence-corrected chi connectivity index (χ2v) is 3.12. The molecule has 0 aliphatic heterocycles. The molecule has 0 rings (SSSR count). The molecule has 0 atom stereocenters. The first kappa shape index (κ1) is 7.96. The Morgan fingerprint density at radius 2 is 1.88 bits per heavy atom. The normalized spacial score (nSPS) is 12.0. The van der Waals surface area contributed by atoms with Crippen molar-refractivity contribution in [1.82, 2.24) is 0 Å². The lowest BCUT2D eigenvalue weighted by atomic mass is 9.89. The quantitative estimate of drug-likeness (QED) is 0.596. The van der Waals surface area contributed by atoms with Crippen molar-refractivity contribution in [2.45, 2.75) is 33.6 Å². The molecule has 1 nitrogen and oxygen atoms in total. The van der Waals surface area contributed by atoms with Crippen molar-refractivity contribution in [3.8, 4) is 0 Å². The van der Waals surface area contributed by atoms with Gasteiger partial charge in [-0.15, -0.1) is 0 Å². The summed E-state index contributed by atoms with van der Waals surface area (Å²) in [6, 6.07) is 0. The fraction of sp³-hybridized carbons (Fsp3) is 1.00. The highest BCUT2D eigenvalue weighted by Gasteiger charge is 2.12. The first-order chi connectivity index (χ1) is 3.62. The lowest BCUT2D eigenvalue weighted by Gasteiger charge is -2.20. The minimum atomic E-state index is 0.370. The van der Waals surface area contributed by atoms with Gasteiger partial charge in [-0.2, -0.15) is 0 Å². The van der Waals surface area contributed by atoms with E-state index in [2.05, 4.69) is 20.8 Å². The summed E-state index contributed by atoms with van der Waals surface area (Å²) in [7, 11) is 0. The van der Waals surface area contributed by atoms with Gasteiger partial charge in [0.15, 0.2) is 0 Å². The summed E-state index contributed by atoms with van der Waals surface area (Å²) in [5, 5.41) is 0. The van der Waals surface area contributed by atoms with Crippen LogP contribution in [0.5, 0.6) is 0 Å². The predicted octanol–water partition coefficient (Wildman–Crippen LogP) is 1.77. The van der Waals surface area contributed by atoms with Crippen molar-refractivity contribution in [3.05, 3.63) is 0 Å².